The van der Waals surface area contributed by atoms with Crippen LogP contribution in [0.5, 0.6) is 0 Å². The van der Waals surface area contributed by atoms with Gasteiger partial charge in [0, 0.05) is 30.7 Å². The summed E-state index contributed by atoms with van der Waals surface area (Å²) >= 11 is 1.49. The smallest absolute Gasteiger partial charge is 0.258 e. The van der Waals surface area contributed by atoms with Gasteiger partial charge in [0.15, 0.2) is 4.96 Å². The summed E-state index contributed by atoms with van der Waals surface area (Å²) in [5.41, 5.74) is 6.88. The van der Waals surface area contributed by atoms with Crippen molar-refractivity contribution in [3.05, 3.63) is 33.7 Å². The summed E-state index contributed by atoms with van der Waals surface area (Å²) in [4.78, 5) is 19.5. The molecule has 0 amide bonds. The molecule has 1 unspecified atom stereocenters. The molecule has 1 aliphatic heterocycles. The van der Waals surface area contributed by atoms with Crippen molar-refractivity contribution in [2.45, 2.75) is 19.9 Å². The van der Waals surface area contributed by atoms with Gasteiger partial charge in [-0.05, 0) is 24.9 Å². The Morgan fingerprint density at radius 3 is 3.05 bits per heavy atom. The topological polar surface area (TPSA) is 63.6 Å². The van der Waals surface area contributed by atoms with Crippen molar-refractivity contribution in [1.82, 2.24) is 14.3 Å². The highest BCUT2D eigenvalue weighted by Crippen LogP contribution is 2.29. The summed E-state index contributed by atoms with van der Waals surface area (Å²) < 4.78 is 1.59. The maximum absolute atomic E-state index is 11.9. The first-order valence-electron chi connectivity index (χ1n) is 6.48. The number of fused-ring (bicyclic) bond motifs is 1. The molecule has 5 nitrogen and oxygen atoms in total. The quantitative estimate of drug-likeness (QED) is 0.929. The van der Waals surface area contributed by atoms with Crippen LogP contribution in [0.25, 0.3) is 4.96 Å². The Labute approximate surface area is 127 Å². The normalized spacial score (nSPS) is 23.1. The molecule has 0 spiro atoms. The monoisotopic (exact) mass is 314 g/mol. The van der Waals surface area contributed by atoms with Gasteiger partial charge in [-0.25, -0.2) is 4.98 Å². The lowest BCUT2D eigenvalue weighted by Crippen LogP contribution is -2.31. The molecule has 110 valence electrons. The zero-order valence-electron chi connectivity index (χ0n) is 11.4. The molecule has 0 aromatic carbocycles. The number of nitrogens with zero attached hydrogens (tertiary/aromatic N) is 3. The fourth-order valence-electron chi connectivity index (χ4n) is 2.63. The average Bonchev–Trinajstić information content (AvgIpc) is 2.97. The number of aromatic nitrogens is 2. The second-order valence-electron chi connectivity index (χ2n) is 5.62. The molecule has 1 fully saturated rings. The van der Waals surface area contributed by atoms with Gasteiger partial charge in [-0.15, -0.1) is 23.7 Å². The Balaban J connectivity index is 0.00000147. The Morgan fingerprint density at radius 1 is 1.55 bits per heavy atom. The van der Waals surface area contributed by atoms with E-state index in [9.17, 15) is 4.79 Å². The molecule has 0 saturated carbocycles. The van der Waals surface area contributed by atoms with E-state index in [1.807, 2.05) is 5.38 Å². The molecule has 3 heterocycles. The van der Waals surface area contributed by atoms with Crippen LogP contribution < -0.4 is 11.3 Å². The van der Waals surface area contributed by atoms with Crippen molar-refractivity contribution >= 4 is 28.7 Å². The third kappa shape index (κ3) is 2.88. The van der Waals surface area contributed by atoms with Gasteiger partial charge in [-0.2, -0.15) is 0 Å². The number of halogens is 1. The van der Waals surface area contributed by atoms with Crippen molar-refractivity contribution in [2.24, 2.45) is 11.1 Å². The van der Waals surface area contributed by atoms with Gasteiger partial charge in [0.25, 0.3) is 5.56 Å². The second kappa shape index (κ2) is 5.81. The molecular weight excluding hydrogens is 296 g/mol. The third-order valence-corrected chi connectivity index (χ3v) is 4.63. The summed E-state index contributed by atoms with van der Waals surface area (Å²) in [6.07, 6.45) is 2.88. The zero-order chi connectivity index (χ0) is 13.5. The van der Waals surface area contributed by atoms with Crippen LogP contribution in [0.2, 0.25) is 0 Å². The largest absolute Gasteiger partial charge is 0.330 e. The highest BCUT2D eigenvalue weighted by molar-refractivity contribution is 7.15. The Hall–Kier alpha value is -0.950. The lowest BCUT2D eigenvalue weighted by atomic mass is 9.90. The molecule has 3 rings (SSSR count). The molecule has 20 heavy (non-hydrogen) atoms. The SMILES string of the molecule is CC1(CN)CCN(Cc2cc(=O)n3ccsc3n2)C1.Cl. The number of thiazole rings is 1. The summed E-state index contributed by atoms with van der Waals surface area (Å²) in [6, 6.07) is 1.64. The van der Waals surface area contributed by atoms with Gasteiger partial charge in [0.2, 0.25) is 0 Å². The van der Waals surface area contributed by atoms with Crippen molar-refractivity contribution < 1.29 is 0 Å². The van der Waals surface area contributed by atoms with E-state index in [1.165, 1.54) is 11.3 Å². The van der Waals surface area contributed by atoms with E-state index in [4.69, 9.17) is 5.73 Å². The Kier molecular flexibility index (Phi) is 4.49. The first-order valence-corrected chi connectivity index (χ1v) is 7.36. The molecule has 2 aromatic rings. The Bertz CT molecular complexity index is 655. The number of nitrogens with two attached hydrogens (primary N) is 1. The predicted octanol–water partition coefficient (Wildman–Crippen LogP) is 1.35. The summed E-state index contributed by atoms with van der Waals surface area (Å²) in [7, 11) is 0. The highest BCUT2D eigenvalue weighted by Gasteiger charge is 2.32. The van der Waals surface area contributed by atoms with Crippen LogP contribution in [0, 0.1) is 5.41 Å². The van der Waals surface area contributed by atoms with Gasteiger partial charge in [-0.1, -0.05) is 6.92 Å². The summed E-state index contributed by atoms with van der Waals surface area (Å²) in [6.45, 7) is 5.68. The molecule has 1 atom stereocenters. The Morgan fingerprint density at radius 2 is 2.35 bits per heavy atom. The van der Waals surface area contributed by atoms with Gasteiger partial charge in [-0.3, -0.25) is 14.1 Å². The van der Waals surface area contributed by atoms with Crippen molar-refractivity contribution in [3.63, 3.8) is 0 Å². The van der Waals surface area contributed by atoms with E-state index < -0.39 is 0 Å². The molecular formula is C13H19ClN4OS. The minimum atomic E-state index is 0. The summed E-state index contributed by atoms with van der Waals surface area (Å²) in [5.74, 6) is 0. The van der Waals surface area contributed by atoms with E-state index >= 15 is 0 Å². The minimum Gasteiger partial charge on any atom is -0.330 e. The predicted molar refractivity (Wildman–Crippen MR) is 83.6 cm³/mol. The molecule has 1 saturated heterocycles. The third-order valence-electron chi connectivity index (χ3n) is 3.87. The van der Waals surface area contributed by atoms with Gasteiger partial charge >= 0.3 is 0 Å². The van der Waals surface area contributed by atoms with Crippen molar-refractivity contribution in [3.8, 4) is 0 Å². The lowest BCUT2D eigenvalue weighted by Gasteiger charge is -2.22. The van der Waals surface area contributed by atoms with Crippen LogP contribution in [0.15, 0.2) is 22.4 Å². The van der Waals surface area contributed by atoms with Gasteiger partial charge in [0.1, 0.15) is 0 Å². The number of hydrogen-bond donors (Lipinski definition) is 1. The van der Waals surface area contributed by atoms with E-state index in [-0.39, 0.29) is 23.4 Å². The molecule has 1 aliphatic rings. The first kappa shape index (κ1) is 15.4. The number of likely N-dealkylation sites (tertiary alicyclic amines) is 1. The lowest BCUT2D eigenvalue weighted by molar-refractivity contribution is 0.272. The van der Waals surface area contributed by atoms with Gasteiger partial charge in [0.05, 0.1) is 5.69 Å². The molecule has 0 aliphatic carbocycles. The summed E-state index contributed by atoms with van der Waals surface area (Å²) in [5, 5.41) is 1.88. The zero-order valence-corrected chi connectivity index (χ0v) is 13.0. The van der Waals surface area contributed by atoms with Crippen LogP contribution in [-0.2, 0) is 6.54 Å². The maximum atomic E-state index is 11.9. The van der Waals surface area contributed by atoms with E-state index in [0.29, 0.717) is 6.54 Å². The van der Waals surface area contributed by atoms with Crippen LogP contribution in [0.4, 0.5) is 0 Å². The highest BCUT2D eigenvalue weighted by atomic mass is 35.5. The molecule has 0 bridgehead atoms. The number of rotatable bonds is 3. The maximum Gasteiger partial charge on any atom is 0.258 e. The van der Waals surface area contributed by atoms with E-state index in [0.717, 1.165) is 36.7 Å². The van der Waals surface area contributed by atoms with Crippen LogP contribution in [0.1, 0.15) is 19.0 Å². The first-order chi connectivity index (χ1) is 9.09. The van der Waals surface area contributed by atoms with Crippen LogP contribution in [0.3, 0.4) is 0 Å². The fraction of sp³-hybridized carbons (Fsp3) is 0.538. The molecule has 2 aromatic heterocycles. The fourth-order valence-corrected chi connectivity index (χ4v) is 3.36. The van der Waals surface area contributed by atoms with E-state index in [2.05, 4.69) is 16.8 Å². The van der Waals surface area contributed by atoms with Crippen molar-refractivity contribution in [2.75, 3.05) is 19.6 Å². The minimum absolute atomic E-state index is 0. The average molecular weight is 315 g/mol. The molecule has 0 radical (unpaired) electrons. The van der Waals surface area contributed by atoms with E-state index in [1.54, 1.807) is 16.7 Å². The van der Waals surface area contributed by atoms with Crippen LogP contribution >= 0.6 is 23.7 Å². The second-order valence-corrected chi connectivity index (χ2v) is 6.49. The van der Waals surface area contributed by atoms with Gasteiger partial charge < -0.3 is 5.73 Å². The molecule has 7 heteroatoms. The molecule has 2 N–H and O–H groups in total. The number of hydrogen-bond acceptors (Lipinski definition) is 5. The van der Waals surface area contributed by atoms with Crippen molar-refractivity contribution in [1.29, 1.82) is 0 Å². The standard InChI is InChI=1S/C13H18N4OS.ClH/c1-13(8-14)2-3-16(9-13)7-10-6-11(18)17-4-5-19-12(17)15-10;/h4-6H,2-3,7-9,14H2,1H3;1H. The van der Waals surface area contributed by atoms with Crippen LogP contribution in [-0.4, -0.2) is 33.9 Å².